The normalized spacial score (nSPS) is 23.3. The number of β-amino-alcohol motifs (C(OH)–C–C–N with tert-alkyl or cyclic N) is 1. The number of hydrogen-bond donors (Lipinski definition) is 3. The van der Waals surface area contributed by atoms with Crippen LogP contribution in [0.4, 0.5) is 14.6 Å². The number of aryl methyl sites for hydroxylation is 2. The number of pyridine rings is 1. The Balaban J connectivity index is 0.652. The molecule has 0 spiro atoms. The highest BCUT2D eigenvalue weighted by Gasteiger charge is 2.46. The van der Waals surface area contributed by atoms with Crippen molar-refractivity contribution in [3.05, 3.63) is 77.1 Å². The Bertz CT molecular complexity index is 3280. The summed E-state index contributed by atoms with van der Waals surface area (Å²) < 4.78 is 40.7. The molecule has 6 aliphatic rings. The fraction of sp³-hybridized carbons (Fsp3) is 0.542. The first-order valence-electron chi connectivity index (χ1n) is 28.1. The number of nitrogens with one attached hydrogen (secondary N) is 1. The first-order chi connectivity index (χ1) is 37.1. The lowest BCUT2D eigenvalue weighted by Crippen LogP contribution is -2.51. The number of phenols is 1. The number of amides is 3. The second-order valence-electron chi connectivity index (χ2n) is 23.5. The maximum absolute atomic E-state index is 17.2. The van der Waals surface area contributed by atoms with Crippen molar-refractivity contribution in [1.29, 1.82) is 0 Å². The summed E-state index contributed by atoms with van der Waals surface area (Å²) in [4.78, 5) is 61.7. The van der Waals surface area contributed by atoms with Gasteiger partial charge in [0.2, 0.25) is 17.7 Å². The van der Waals surface area contributed by atoms with Crippen LogP contribution in [0.5, 0.6) is 11.8 Å². The zero-order valence-corrected chi connectivity index (χ0v) is 44.5. The molecule has 6 aromatic rings. The minimum Gasteiger partial charge on any atom is -0.508 e. The van der Waals surface area contributed by atoms with Gasteiger partial charge >= 0.3 is 6.01 Å². The van der Waals surface area contributed by atoms with Crippen molar-refractivity contribution in [2.24, 2.45) is 18.4 Å². The van der Waals surface area contributed by atoms with Crippen molar-refractivity contribution in [3.8, 4) is 23.0 Å². The molecule has 1 unspecified atom stereocenters. The monoisotopic (exact) mass is 1050 g/mol. The predicted molar refractivity (Wildman–Crippen MR) is 289 cm³/mol. The van der Waals surface area contributed by atoms with Gasteiger partial charge in [0, 0.05) is 80.7 Å². The van der Waals surface area contributed by atoms with Gasteiger partial charge in [0.15, 0.2) is 5.82 Å². The number of aromatic nitrogens is 5. The van der Waals surface area contributed by atoms with Crippen LogP contribution < -0.4 is 15.0 Å². The second kappa shape index (κ2) is 20.5. The molecular weight excluding hydrogens is 983 g/mol. The highest BCUT2D eigenvalue weighted by atomic mass is 19.1. The smallest absolute Gasteiger partial charge is 0.319 e. The SMILES string of the molecule is CCc1c(F)ccc2cc(O)cc(-c3ncc4c(N5CCC[C@@](C)(O)C5)nc(OCC5(CN6CCC(C(=O)N7CCC(N8CCC(c9ccc%10c(C%11CCC(=O)NC%11=O)nn(C)c%10c9)CC8)CC7)CC6)CC5)nc4c3F)c12. The highest BCUT2D eigenvalue weighted by molar-refractivity contribution is 6.03. The average Bonchev–Trinajstić information content (AvgIpc) is 4.12. The summed E-state index contributed by atoms with van der Waals surface area (Å²) in [5.74, 6) is -0.982. The number of aliphatic hydroxyl groups is 1. The first kappa shape index (κ1) is 51.4. The lowest BCUT2D eigenvalue weighted by molar-refractivity contribution is -0.139. The molecule has 2 atom stereocenters. The van der Waals surface area contributed by atoms with Gasteiger partial charge in [-0.3, -0.25) is 29.4 Å². The van der Waals surface area contributed by atoms with E-state index >= 15 is 8.78 Å². The molecule has 0 bridgehead atoms. The Morgan fingerprint density at radius 2 is 1.68 bits per heavy atom. The summed E-state index contributed by atoms with van der Waals surface area (Å²) in [5.41, 5.74) is 2.55. The molecule has 6 fully saturated rings. The van der Waals surface area contributed by atoms with E-state index in [1.165, 1.54) is 30.0 Å². The Kier molecular flexibility index (Phi) is 13.7. The molecule has 18 heteroatoms. The van der Waals surface area contributed by atoms with Crippen molar-refractivity contribution >= 4 is 56.1 Å². The molecular formula is C59H70F2N10O6. The molecule has 3 aromatic heterocycles. The number of benzene rings is 3. The van der Waals surface area contributed by atoms with Crippen molar-refractivity contribution in [2.45, 2.75) is 121 Å². The molecule has 1 aliphatic carbocycles. The Hall–Kier alpha value is -6.37. The van der Waals surface area contributed by atoms with E-state index in [0.717, 1.165) is 114 Å². The fourth-order valence-electron chi connectivity index (χ4n) is 13.6. The minimum atomic E-state index is -0.979. The molecule has 77 heavy (non-hydrogen) atoms. The van der Waals surface area contributed by atoms with E-state index in [1.54, 1.807) is 13.0 Å². The molecule has 406 valence electrons. The number of carbonyl (C=O) groups is 3. The molecule has 8 heterocycles. The summed E-state index contributed by atoms with van der Waals surface area (Å²) in [5, 5.41) is 31.5. The van der Waals surface area contributed by atoms with Crippen LogP contribution in [0.2, 0.25) is 0 Å². The summed E-state index contributed by atoms with van der Waals surface area (Å²) >= 11 is 0. The summed E-state index contributed by atoms with van der Waals surface area (Å²) in [7, 11) is 1.92. The predicted octanol–water partition coefficient (Wildman–Crippen LogP) is 7.89. The van der Waals surface area contributed by atoms with Crippen LogP contribution >= 0.6 is 0 Å². The standard InChI is InChI=1S/C59H70F2N10O6/c1-4-41-46(60)10-7-38-28-40(72)30-44(49(38)41)52-50(61)53-45(31-62-52)54(71-21-5-18-58(2,76)32-71)65-57(64-53)77-34-59(19-20-59)33-68-22-12-36(13-23-68)56(75)70-26-16-39(17-27-70)69-24-14-35(15-25-69)37-6-8-42-47(29-37)67(3)66-51(42)43-9-11-48(73)63-55(43)74/h6-8,10,28-31,35-36,39,43,72,76H,4-5,9,11-27,32-34H2,1-3H3,(H,63,73,74)/t43?,58-/m1/s1. The third kappa shape index (κ3) is 10.1. The molecule has 12 rings (SSSR count). The zero-order chi connectivity index (χ0) is 53.3. The van der Waals surface area contributed by atoms with Crippen LogP contribution in [0.3, 0.4) is 0 Å². The molecule has 1 saturated carbocycles. The van der Waals surface area contributed by atoms with E-state index < -0.39 is 23.2 Å². The van der Waals surface area contributed by atoms with E-state index in [-0.39, 0.29) is 64.1 Å². The fourth-order valence-corrected chi connectivity index (χ4v) is 13.6. The highest BCUT2D eigenvalue weighted by Crippen LogP contribution is 2.48. The maximum Gasteiger partial charge on any atom is 0.319 e. The topological polar surface area (TPSA) is 182 Å². The van der Waals surface area contributed by atoms with Gasteiger partial charge in [0.1, 0.15) is 28.6 Å². The summed E-state index contributed by atoms with van der Waals surface area (Å²) in [6.45, 7) is 11.0. The van der Waals surface area contributed by atoms with Gasteiger partial charge in [-0.1, -0.05) is 25.1 Å². The van der Waals surface area contributed by atoms with Crippen LogP contribution in [-0.4, -0.2) is 145 Å². The molecule has 3 N–H and O–H groups in total. The van der Waals surface area contributed by atoms with Crippen molar-refractivity contribution in [1.82, 2.24) is 44.7 Å². The summed E-state index contributed by atoms with van der Waals surface area (Å²) in [6, 6.07) is 12.9. The van der Waals surface area contributed by atoms with Crippen LogP contribution in [-0.2, 0) is 27.9 Å². The lowest BCUT2D eigenvalue weighted by atomic mass is 9.86. The number of imide groups is 1. The number of nitrogens with zero attached hydrogens (tertiary/aromatic N) is 9. The van der Waals surface area contributed by atoms with Crippen LogP contribution in [0.15, 0.2) is 48.7 Å². The number of ether oxygens (including phenoxy) is 1. The number of piperidine rings is 5. The van der Waals surface area contributed by atoms with E-state index in [0.29, 0.717) is 84.8 Å². The van der Waals surface area contributed by atoms with Gasteiger partial charge in [-0.2, -0.15) is 15.1 Å². The number of aromatic hydroxyl groups is 1. The van der Waals surface area contributed by atoms with Crippen LogP contribution in [0.25, 0.3) is 43.8 Å². The second-order valence-corrected chi connectivity index (χ2v) is 23.5. The number of hydrogen-bond acceptors (Lipinski definition) is 13. The molecule has 3 aromatic carbocycles. The van der Waals surface area contributed by atoms with E-state index in [4.69, 9.17) is 14.8 Å². The third-order valence-corrected chi connectivity index (χ3v) is 18.1. The average molecular weight is 1050 g/mol. The largest absolute Gasteiger partial charge is 0.508 e. The number of halogens is 2. The number of anilines is 1. The van der Waals surface area contributed by atoms with E-state index in [1.807, 2.05) is 23.6 Å². The number of phenolic OH excluding ortho intramolecular Hbond substituents is 1. The van der Waals surface area contributed by atoms with Crippen LogP contribution in [0.1, 0.15) is 120 Å². The van der Waals surface area contributed by atoms with Gasteiger partial charge in [0.25, 0.3) is 0 Å². The molecule has 0 radical (unpaired) electrons. The van der Waals surface area contributed by atoms with Gasteiger partial charge in [-0.05, 0) is 162 Å². The zero-order valence-electron chi connectivity index (χ0n) is 44.5. The minimum absolute atomic E-state index is 0.00522. The Morgan fingerprint density at radius 1 is 0.896 bits per heavy atom. The number of likely N-dealkylation sites (tertiary alicyclic amines) is 3. The van der Waals surface area contributed by atoms with Crippen molar-refractivity contribution < 1.29 is 38.1 Å². The van der Waals surface area contributed by atoms with Gasteiger partial charge < -0.3 is 34.5 Å². The lowest BCUT2D eigenvalue weighted by Gasteiger charge is -2.43. The van der Waals surface area contributed by atoms with E-state index in [2.05, 4.69) is 48.2 Å². The third-order valence-electron chi connectivity index (χ3n) is 18.1. The van der Waals surface area contributed by atoms with Gasteiger partial charge in [0.05, 0.1) is 34.7 Å². The van der Waals surface area contributed by atoms with Gasteiger partial charge in [-0.25, -0.2) is 8.78 Å². The van der Waals surface area contributed by atoms with Crippen molar-refractivity contribution in [3.63, 3.8) is 0 Å². The number of fused-ring (bicyclic) bond motifs is 3. The van der Waals surface area contributed by atoms with Gasteiger partial charge in [-0.15, -0.1) is 0 Å². The maximum atomic E-state index is 17.2. The Labute approximate surface area is 447 Å². The molecule has 5 saturated heterocycles. The number of rotatable bonds is 12. The quantitative estimate of drug-likeness (QED) is 0.101. The van der Waals surface area contributed by atoms with Crippen LogP contribution in [0, 0.1) is 23.0 Å². The first-order valence-corrected chi connectivity index (χ1v) is 28.1. The van der Waals surface area contributed by atoms with E-state index in [9.17, 15) is 24.6 Å². The molecule has 5 aliphatic heterocycles. The Morgan fingerprint density at radius 3 is 2.40 bits per heavy atom. The number of carbonyl (C=O) groups excluding carboxylic acids is 3. The molecule has 16 nitrogen and oxygen atoms in total. The van der Waals surface area contributed by atoms with Crippen molar-refractivity contribution in [2.75, 3.05) is 70.4 Å². The summed E-state index contributed by atoms with van der Waals surface area (Å²) in [6.07, 6.45) is 11.7. The molecule has 3 amide bonds.